The van der Waals surface area contributed by atoms with Gasteiger partial charge in [0, 0.05) is 18.3 Å². The molecule has 1 aliphatic carbocycles. The molecule has 0 unspecified atom stereocenters. The predicted octanol–water partition coefficient (Wildman–Crippen LogP) is 2.97. The number of aryl methyl sites for hydroxylation is 1. The normalized spacial score (nSPS) is 19.9. The molecular weight excluding hydrogens is 290 g/mol. The highest BCUT2D eigenvalue weighted by Gasteiger charge is 2.45. The van der Waals surface area contributed by atoms with Crippen LogP contribution in [0, 0.1) is 6.92 Å². The summed E-state index contributed by atoms with van der Waals surface area (Å²) in [6.07, 6.45) is 3.22. The van der Waals surface area contributed by atoms with Crippen molar-refractivity contribution in [3.05, 3.63) is 65.6 Å². The summed E-state index contributed by atoms with van der Waals surface area (Å²) in [4.78, 5) is 4.67. The standard InChI is InChI=1S/C18H19N3O2/c1-12-4-6-13(7-5-12)21-18(19-17(20-21)8-9-22)15-11-14(15)16-3-2-10-23-16/h2-7,10,14-15,22H,8-9,11H2,1H3/t14-,15-/m1/s1. The van der Waals surface area contributed by atoms with Gasteiger partial charge < -0.3 is 9.52 Å². The van der Waals surface area contributed by atoms with Gasteiger partial charge in [-0.1, -0.05) is 17.7 Å². The number of aliphatic hydroxyl groups is 1. The maximum Gasteiger partial charge on any atom is 0.153 e. The van der Waals surface area contributed by atoms with Crippen molar-refractivity contribution in [1.29, 1.82) is 0 Å². The van der Waals surface area contributed by atoms with Gasteiger partial charge in [0.15, 0.2) is 5.82 Å². The monoisotopic (exact) mass is 309 g/mol. The zero-order valence-electron chi connectivity index (χ0n) is 13.0. The highest BCUT2D eigenvalue weighted by Crippen LogP contribution is 2.54. The molecule has 1 N–H and O–H groups in total. The Bertz CT molecular complexity index is 790. The highest BCUT2D eigenvalue weighted by atomic mass is 16.3. The number of nitrogens with zero attached hydrogens (tertiary/aromatic N) is 3. The van der Waals surface area contributed by atoms with E-state index in [2.05, 4.69) is 41.3 Å². The summed E-state index contributed by atoms with van der Waals surface area (Å²) < 4.78 is 7.44. The molecule has 3 aromatic rings. The van der Waals surface area contributed by atoms with Crippen LogP contribution in [0.1, 0.15) is 41.2 Å². The van der Waals surface area contributed by atoms with Crippen LogP contribution in [-0.2, 0) is 6.42 Å². The Morgan fingerprint density at radius 3 is 2.74 bits per heavy atom. The van der Waals surface area contributed by atoms with Gasteiger partial charge in [-0.05, 0) is 37.6 Å². The van der Waals surface area contributed by atoms with E-state index in [0.717, 1.165) is 23.7 Å². The van der Waals surface area contributed by atoms with Crippen molar-refractivity contribution in [2.45, 2.75) is 31.6 Å². The molecule has 5 nitrogen and oxygen atoms in total. The molecule has 0 spiro atoms. The van der Waals surface area contributed by atoms with E-state index >= 15 is 0 Å². The molecule has 1 aliphatic rings. The molecule has 23 heavy (non-hydrogen) atoms. The van der Waals surface area contributed by atoms with Gasteiger partial charge in [-0.2, -0.15) is 5.10 Å². The van der Waals surface area contributed by atoms with E-state index in [9.17, 15) is 5.11 Å². The van der Waals surface area contributed by atoms with E-state index in [1.807, 2.05) is 16.8 Å². The third-order valence-corrected chi connectivity index (χ3v) is 4.32. The quantitative estimate of drug-likeness (QED) is 0.787. The van der Waals surface area contributed by atoms with Gasteiger partial charge in [0.05, 0.1) is 18.6 Å². The number of aliphatic hydroxyl groups excluding tert-OH is 1. The largest absolute Gasteiger partial charge is 0.469 e. The molecule has 0 amide bonds. The first-order chi connectivity index (χ1) is 11.3. The summed E-state index contributed by atoms with van der Waals surface area (Å²) >= 11 is 0. The van der Waals surface area contributed by atoms with Crippen molar-refractivity contribution >= 4 is 0 Å². The molecule has 4 rings (SSSR count). The fourth-order valence-corrected chi connectivity index (χ4v) is 2.99. The second-order valence-corrected chi connectivity index (χ2v) is 6.07. The molecule has 2 atom stereocenters. The van der Waals surface area contributed by atoms with Crippen LogP contribution in [0.25, 0.3) is 5.69 Å². The Morgan fingerprint density at radius 1 is 1.22 bits per heavy atom. The first-order valence-corrected chi connectivity index (χ1v) is 7.93. The molecule has 0 aliphatic heterocycles. The Labute approximate surface area is 134 Å². The average molecular weight is 309 g/mol. The fraction of sp³-hybridized carbons (Fsp3) is 0.333. The SMILES string of the molecule is Cc1ccc(-n2nc(CCO)nc2[C@@H]2C[C@H]2c2ccco2)cc1. The van der Waals surface area contributed by atoms with Gasteiger partial charge in [0.25, 0.3) is 0 Å². The summed E-state index contributed by atoms with van der Waals surface area (Å²) in [6, 6.07) is 12.2. The summed E-state index contributed by atoms with van der Waals surface area (Å²) in [5.74, 6) is 3.35. The van der Waals surface area contributed by atoms with Gasteiger partial charge in [0.2, 0.25) is 0 Å². The first kappa shape index (κ1) is 14.2. The molecule has 2 aromatic heterocycles. The van der Waals surface area contributed by atoms with Crippen LogP contribution in [0.4, 0.5) is 0 Å². The molecule has 2 heterocycles. The van der Waals surface area contributed by atoms with E-state index in [0.29, 0.717) is 24.1 Å². The van der Waals surface area contributed by atoms with Gasteiger partial charge in [-0.15, -0.1) is 0 Å². The summed E-state index contributed by atoms with van der Waals surface area (Å²) in [5.41, 5.74) is 2.22. The fourth-order valence-electron chi connectivity index (χ4n) is 2.99. The average Bonchev–Trinajstić information content (AvgIpc) is 2.98. The molecule has 0 radical (unpaired) electrons. The molecule has 1 aromatic carbocycles. The van der Waals surface area contributed by atoms with Crippen LogP contribution in [0.3, 0.4) is 0 Å². The molecular formula is C18H19N3O2. The maximum absolute atomic E-state index is 9.18. The predicted molar refractivity (Wildman–Crippen MR) is 85.7 cm³/mol. The number of benzene rings is 1. The van der Waals surface area contributed by atoms with Crippen LogP contribution < -0.4 is 0 Å². The Hall–Kier alpha value is -2.40. The van der Waals surface area contributed by atoms with E-state index in [-0.39, 0.29) is 6.61 Å². The van der Waals surface area contributed by atoms with Crippen molar-refractivity contribution in [2.75, 3.05) is 6.61 Å². The minimum absolute atomic E-state index is 0.0592. The Kier molecular flexibility index (Phi) is 3.50. The molecule has 1 saturated carbocycles. The lowest BCUT2D eigenvalue weighted by Gasteiger charge is -2.05. The number of aromatic nitrogens is 3. The van der Waals surface area contributed by atoms with E-state index < -0.39 is 0 Å². The molecule has 0 saturated heterocycles. The Balaban J connectivity index is 1.69. The lowest BCUT2D eigenvalue weighted by Crippen LogP contribution is -2.03. The maximum atomic E-state index is 9.18. The van der Waals surface area contributed by atoms with E-state index in [4.69, 9.17) is 4.42 Å². The lowest BCUT2D eigenvalue weighted by atomic mass is 10.2. The third-order valence-electron chi connectivity index (χ3n) is 4.32. The van der Waals surface area contributed by atoms with Gasteiger partial charge in [-0.3, -0.25) is 0 Å². The molecule has 5 heteroatoms. The topological polar surface area (TPSA) is 64.1 Å². The summed E-state index contributed by atoms with van der Waals surface area (Å²) in [6.45, 7) is 2.13. The molecule has 118 valence electrons. The van der Waals surface area contributed by atoms with Crippen LogP contribution in [0.5, 0.6) is 0 Å². The van der Waals surface area contributed by atoms with E-state index in [1.165, 1.54) is 5.56 Å². The summed E-state index contributed by atoms with van der Waals surface area (Å²) in [7, 11) is 0. The van der Waals surface area contributed by atoms with Gasteiger partial charge in [0.1, 0.15) is 11.6 Å². The number of hydrogen-bond acceptors (Lipinski definition) is 4. The second-order valence-electron chi connectivity index (χ2n) is 6.07. The van der Waals surface area contributed by atoms with Crippen LogP contribution in [0.2, 0.25) is 0 Å². The number of rotatable bonds is 5. The number of furan rings is 1. The third kappa shape index (κ3) is 2.68. The van der Waals surface area contributed by atoms with Crippen molar-refractivity contribution in [2.24, 2.45) is 0 Å². The van der Waals surface area contributed by atoms with Crippen molar-refractivity contribution in [3.8, 4) is 5.69 Å². The minimum atomic E-state index is 0.0592. The number of hydrogen-bond donors (Lipinski definition) is 1. The van der Waals surface area contributed by atoms with Crippen molar-refractivity contribution in [3.63, 3.8) is 0 Å². The van der Waals surface area contributed by atoms with E-state index in [1.54, 1.807) is 6.26 Å². The van der Waals surface area contributed by atoms with Crippen LogP contribution >= 0.6 is 0 Å². The lowest BCUT2D eigenvalue weighted by molar-refractivity contribution is 0.296. The van der Waals surface area contributed by atoms with Gasteiger partial charge in [-0.25, -0.2) is 9.67 Å². The van der Waals surface area contributed by atoms with Crippen LogP contribution in [0.15, 0.2) is 47.1 Å². The van der Waals surface area contributed by atoms with Crippen LogP contribution in [-0.4, -0.2) is 26.5 Å². The summed E-state index contributed by atoms with van der Waals surface area (Å²) in [5, 5.41) is 13.8. The van der Waals surface area contributed by atoms with Crippen molar-refractivity contribution in [1.82, 2.24) is 14.8 Å². The zero-order valence-corrected chi connectivity index (χ0v) is 13.0. The first-order valence-electron chi connectivity index (χ1n) is 7.93. The highest BCUT2D eigenvalue weighted by molar-refractivity contribution is 5.37. The smallest absolute Gasteiger partial charge is 0.153 e. The molecule has 0 bridgehead atoms. The minimum Gasteiger partial charge on any atom is -0.469 e. The Morgan fingerprint density at radius 2 is 2.04 bits per heavy atom. The molecule has 1 fully saturated rings. The zero-order chi connectivity index (χ0) is 15.8. The second kappa shape index (κ2) is 5.66. The van der Waals surface area contributed by atoms with Crippen molar-refractivity contribution < 1.29 is 9.52 Å². The van der Waals surface area contributed by atoms with Gasteiger partial charge >= 0.3 is 0 Å².